The van der Waals surface area contributed by atoms with Gasteiger partial charge in [-0.15, -0.1) is 0 Å². The zero-order chi connectivity index (χ0) is 28.1. The molecule has 1 heterocycles. The summed E-state index contributed by atoms with van der Waals surface area (Å²) in [6, 6.07) is 16.0. The molecule has 0 saturated heterocycles. The first-order valence-corrected chi connectivity index (χ1v) is 13.4. The second-order valence-corrected chi connectivity index (χ2v) is 10.1. The molecular formula is C29H29BrN4O5. The molecule has 0 N–H and O–H groups in total. The molecule has 1 aromatic heterocycles. The molecule has 10 heteroatoms. The van der Waals surface area contributed by atoms with E-state index in [1.54, 1.807) is 25.1 Å². The van der Waals surface area contributed by atoms with Crippen LogP contribution in [0.2, 0.25) is 0 Å². The van der Waals surface area contributed by atoms with Crippen LogP contribution in [0, 0.1) is 17.0 Å². The van der Waals surface area contributed by atoms with Crippen LogP contribution in [0.4, 0.5) is 5.69 Å². The Labute approximate surface area is 234 Å². The normalized spacial score (nSPS) is 12.1. The second kappa shape index (κ2) is 12.2. The van der Waals surface area contributed by atoms with E-state index in [0.29, 0.717) is 22.3 Å². The van der Waals surface area contributed by atoms with E-state index in [4.69, 9.17) is 14.5 Å². The Morgan fingerprint density at radius 2 is 1.95 bits per heavy atom. The van der Waals surface area contributed by atoms with Crippen molar-refractivity contribution in [2.75, 3.05) is 6.61 Å². The topological polar surface area (TPSA) is 109 Å². The third-order valence-electron chi connectivity index (χ3n) is 6.23. The summed E-state index contributed by atoms with van der Waals surface area (Å²) in [5.41, 5.74) is 2.31. The van der Waals surface area contributed by atoms with Crippen LogP contribution >= 0.6 is 15.9 Å². The third kappa shape index (κ3) is 6.34. The minimum absolute atomic E-state index is 0.0372. The maximum absolute atomic E-state index is 13.4. The highest BCUT2D eigenvalue weighted by Crippen LogP contribution is 2.39. The van der Waals surface area contributed by atoms with Gasteiger partial charge in [-0.1, -0.05) is 59.6 Å². The lowest BCUT2D eigenvalue weighted by Crippen LogP contribution is -2.23. The first-order chi connectivity index (χ1) is 18.7. The summed E-state index contributed by atoms with van der Waals surface area (Å²) in [4.78, 5) is 29.6. The van der Waals surface area contributed by atoms with Crippen molar-refractivity contribution in [1.82, 2.24) is 9.66 Å². The van der Waals surface area contributed by atoms with E-state index in [1.807, 2.05) is 51.1 Å². The molecule has 0 fully saturated rings. The Hall–Kier alpha value is -4.05. The number of aromatic nitrogens is 2. The number of nitrogens with zero attached hydrogens (tertiary/aromatic N) is 4. The number of hydrogen-bond acceptors (Lipinski definition) is 7. The molecule has 39 heavy (non-hydrogen) atoms. The van der Waals surface area contributed by atoms with E-state index in [1.165, 1.54) is 17.0 Å². The molecule has 0 bridgehead atoms. The van der Waals surface area contributed by atoms with Gasteiger partial charge in [-0.2, -0.15) is 9.78 Å². The van der Waals surface area contributed by atoms with Crippen LogP contribution in [0.1, 0.15) is 55.6 Å². The molecule has 0 radical (unpaired) electrons. The fourth-order valence-electron chi connectivity index (χ4n) is 4.09. The van der Waals surface area contributed by atoms with Gasteiger partial charge in [-0.25, -0.2) is 4.98 Å². The molecule has 3 aromatic carbocycles. The third-order valence-corrected chi connectivity index (χ3v) is 6.72. The minimum atomic E-state index is -0.517. The first kappa shape index (κ1) is 28.0. The van der Waals surface area contributed by atoms with Crippen molar-refractivity contribution in [3.8, 4) is 11.5 Å². The van der Waals surface area contributed by atoms with Gasteiger partial charge < -0.3 is 9.47 Å². The molecular weight excluding hydrogens is 564 g/mol. The lowest BCUT2D eigenvalue weighted by Gasteiger charge is -2.15. The highest BCUT2D eigenvalue weighted by atomic mass is 79.9. The standard InChI is InChI=1S/C29H29BrN4O5/c1-5-19(4)28-32-24-11-10-22(30)15-23(24)29(35)33(28)31-16-21-13-25(34(36)37)27(26(14-21)38-6-2)39-17-20-9-7-8-18(3)12-20/h7-16,19H,5-6,17H2,1-4H3/t19-/m1/s1. The van der Waals surface area contributed by atoms with Crippen molar-refractivity contribution in [2.45, 2.75) is 46.6 Å². The molecule has 0 aliphatic carbocycles. The Morgan fingerprint density at radius 1 is 1.15 bits per heavy atom. The molecule has 0 aliphatic heterocycles. The predicted molar refractivity (Wildman–Crippen MR) is 155 cm³/mol. The monoisotopic (exact) mass is 592 g/mol. The molecule has 4 aromatic rings. The Morgan fingerprint density at radius 3 is 2.64 bits per heavy atom. The van der Waals surface area contributed by atoms with Crippen LogP contribution in [-0.2, 0) is 6.61 Å². The van der Waals surface area contributed by atoms with Gasteiger partial charge in [-0.3, -0.25) is 14.9 Å². The summed E-state index contributed by atoms with van der Waals surface area (Å²) in [6.45, 7) is 8.14. The quantitative estimate of drug-likeness (QED) is 0.114. The zero-order valence-corrected chi connectivity index (χ0v) is 23.8. The number of nitro groups is 1. The SMILES string of the molecule is CCOc1cc(C=Nn2c([C@H](C)CC)nc3ccc(Br)cc3c2=O)cc([N+](=O)[O-])c1OCc1cccc(C)c1. The number of hydrogen-bond donors (Lipinski definition) is 0. The van der Waals surface area contributed by atoms with E-state index in [9.17, 15) is 14.9 Å². The van der Waals surface area contributed by atoms with Crippen LogP contribution < -0.4 is 15.0 Å². The average Bonchev–Trinajstić information content (AvgIpc) is 2.91. The van der Waals surface area contributed by atoms with E-state index in [2.05, 4.69) is 21.0 Å². The number of nitro benzene ring substituents is 1. The van der Waals surface area contributed by atoms with Crippen molar-refractivity contribution < 1.29 is 14.4 Å². The highest BCUT2D eigenvalue weighted by molar-refractivity contribution is 9.10. The summed E-state index contributed by atoms with van der Waals surface area (Å²) in [6.07, 6.45) is 2.15. The number of benzene rings is 3. The van der Waals surface area contributed by atoms with Gasteiger partial charge >= 0.3 is 5.69 Å². The van der Waals surface area contributed by atoms with Gasteiger partial charge in [0.1, 0.15) is 12.4 Å². The molecule has 4 rings (SSSR count). The molecule has 0 saturated carbocycles. The molecule has 1 atom stereocenters. The van der Waals surface area contributed by atoms with Gasteiger partial charge in [0.05, 0.1) is 28.6 Å². The molecule has 0 spiro atoms. The van der Waals surface area contributed by atoms with Crippen LogP contribution in [0.5, 0.6) is 11.5 Å². The van der Waals surface area contributed by atoms with E-state index in [-0.39, 0.29) is 41.9 Å². The summed E-state index contributed by atoms with van der Waals surface area (Å²) in [5, 5.41) is 16.9. The minimum Gasteiger partial charge on any atom is -0.490 e. The summed E-state index contributed by atoms with van der Waals surface area (Å²) in [5.74, 6) is 0.714. The maximum Gasteiger partial charge on any atom is 0.315 e. The Balaban J connectivity index is 1.79. The number of halogens is 1. The highest BCUT2D eigenvalue weighted by Gasteiger charge is 2.23. The van der Waals surface area contributed by atoms with E-state index >= 15 is 0 Å². The molecule has 202 valence electrons. The van der Waals surface area contributed by atoms with E-state index < -0.39 is 4.92 Å². The van der Waals surface area contributed by atoms with Gasteiger partial charge in [-0.05, 0) is 50.1 Å². The molecule has 0 unspecified atom stereocenters. The van der Waals surface area contributed by atoms with Crippen molar-refractivity contribution in [1.29, 1.82) is 0 Å². The van der Waals surface area contributed by atoms with Crippen molar-refractivity contribution in [3.63, 3.8) is 0 Å². The predicted octanol–water partition coefficient (Wildman–Crippen LogP) is 6.75. The first-order valence-electron chi connectivity index (χ1n) is 12.6. The number of ether oxygens (including phenoxy) is 2. The largest absolute Gasteiger partial charge is 0.490 e. The van der Waals surface area contributed by atoms with Gasteiger partial charge in [0.15, 0.2) is 5.75 Å². The lowest BCUT2D eigenvalue weighted by molar-refractivity contribution is -0.386. The zero-order valence-electron chi connectivity index (χ0n) is 22.2. The van der Waals surface area contributed by atoms with Gasteiger partial charge in [0.2, 0.25) is 5.75 Å². The van der Waals surface area contributed by atoms with Crippen LogP contribution in [-0.4, -0.2) is 27.4 Å². The summed E-state index contributed by atoms with van der Waals surface area (Å²) in [7, 11) is 0. The fourth-order valence-corrected chi connectivity index (χ4v) is 4.45. The lowest BCUT2D eigenvalue weighted by atomic mass is 10.1. The summed E-state index contributed by atoms with van der Waals surface area (Å²) >= 11 is 3.41. The van der Waals surface area contributed by atoms with Gasteiger partial charge in [0.25, 0.3) is 5.56 Å². The maximum atomic E-state index is 13.4. The van der Waals surface area contributed by atoms with Crippen LogP contribution in [0.3, 0.4) is 0 Å². The number of aryl methyl sites for hydroxylation is 1. The number of fused-ring (bicyclic) bond motifs is 1. The average molecular weight is 593 g/mol. The molecule has 9 nitrogen and oxygen atoms in total. The van der Waals surface area contributed by atoms with Crippen LogP contribution in [0.15, 0.2) is 69.0 Å². The molecule has 0 amide bonds. The van der Waals surface area contributed by atoms with E-state index in [0.717, 1.165) is 22.0 Å². The Kier molecular flexibility index (Phi) is 8.75. The van der Waals surface area contributed by atoms with Crippen molar-refractivity contribution in [2.24, 2.45) is 5.10 Å². The van der Waals surface area contributed by atoms with Gasteiger partial charge in [0, 0.05) is 22.0 Å². The Bertz CT molecular complexity index is 1620. The van der Waals surface area contributed by atoms with Crippen molar-refractivity contribution in [3.05, 3.63) is 102 Å². The van der Waals surface area contributed by atoms with Crippen molar-refractivity contribution >= 4 is 38.7 Å². The second-order valence-electron chi connectivity index (χ2n) is 9.14. The number of rotatable bonds is 10. The smallest absolute Gasteiger partial charge is 0.315 e. The summed E-state index contributed by atoms with van der Waals surface area (Å²) < 4.78 is 13.6. The fraction of sp³-hybridized carbons (Fsp3) is 0.276. The van der Waals surface area contributed by atoms with Crippen LogP contribution in [0.25, 0.3) is 10.9 Å². The molecule has 0 aliphatic rings.